The summed E-state index contributed by atoms with van der Waals surface area (Å²) in [6, 6.07) is 0. The second-order valence-electron chi connectivity index (χ2n) is 4.14. The summed E-state index contributed by atoms with van der Waals surface area (Å²) in [4.78, 5) is 11.4. The van der Waals surface area contributed by atoms with Gasteiger partial charge in [0.15, 0.2) is 0 Å². The molecule has 1 amide bonds. The molecule has 70 valence electrons. The van der Waals surface area contributed by atoms with Gasteiger partial charge < -0.3 is 10.6 Å². The van der Waals surface area contributed by atoms with Crippen LogP contribution in [0.5, 0.6) is 0 Å². The highest BCUT2D eigenvalue weighted by atomic mass is 16.2. The summed E-state index contributed by atoms with van der Waals surface area (Å²) in [5.41, 5.74) is 0.254. The van der Waals surface area contributed by atoms with E-state index >= 15 is 0 Å². The smallest absolute Gasteiger partial charge is 0.223 e. The Morgan fingerprint density at radius 2 is 2.08 bits per heavy atom. The van der Waals surface area contributed by atoms with Gasteiger partial charge in [0, 0.05) is 19.0 Å². The van der Waals surface area contributed by atoms with Crippen LogP contribution in [0.1, 0.15) is 20.3 Å². The van der Waals surface area contributed by atoms with Gasteiger partial charge in [0.25, 0.3) is 0 Å². The third kappa shape index (κ3) is 2.21. The van der Waals surface area contributed by atoms with E-state index in [1.54, 1.807) is 0 Å². The predicted octanol–water partition coefficient (Wildman–Crippen LogP) is 0.368. The van der Waals surface area contributed by atoms with Crippen molar-refractivity contribution < 1.29 is 4.79 Å². The van der Waals surface area contributed by atoms with E-state index in [0.717, 1.165) is 19.5 Å². The van der Waals surface area contributed by atoms with Gasteiger partial charge in [0.05, 0.1) is 0 Å². The van der Waals surface area contributed by atoms with E-state index in [4.69, 9.17) is 0 Å². The van der Waals surface area contributed by atoms with E-state index in [1.165, 1.54) is 0 Å². The number of carbonyl (C=O) groups is 1. The maximum Gasteiger partial charge on any atom is 0.223 e. The van der Waals surface area contributed by atoms with Gasteiger partial charge in [-0.2, -0.15) is 0 Å². The van der Waals surface area contributed by atoms with Crippen molar-refractivity contribution in [3.63, 3.8) is 0 Å². The Labute approximate surface area is 73.9 Å². The van der Waals surface area contributed by atoms with Crippen molar-refractivity contribution in [2.24, 2.45) is 11.3 Å². The third-order valence-electron chi connectivity index (χ3n) is 2.50. The zero-order valence-corrected chi connectivity index (χ0v) is 8.11. The zero-order chi connectivity index (χ0) is 9.19. The molecule has 1 aliphatic carbocycles. The van der Waals surface area contributed by atoms with Crippen LogP contribution in [0.4, 0.5) is 0 Å². The van der Waals surface area contributed by atoms with Crippen LogP contribution in [0, 0.1) is 11.3 Å². The molecule has 0 aromatic carbocycles. The molecular formula is C9H18N2O. The minimum absolute atomic E-state index is 0.218. The second kappa shape index (κ2) is 3.44. The van der Waals surface area contributed by atoms with Crippen molar-refractivity contribution in [1.82, 2.24) is 10.6 Å². The molecule has 0 aliphatic heterocycles. The standard InChI is InChI=1S/C9H18N2O/c1-9(2)6-7(9)8(12)11-5-4-10-3/h7,10H,4-6H2,1-3H3,(H,11,12). The van der Waals surface area contributed by atoms with Gasteiger partial charge >= 0.3 is 0 Å². The molecule has 1 aliphatic rings. The quantitative estimate of drug-likeness (QED) is 0.598. The summed E-state index contributed by atoms with van der Waals surface area (Å²) in [5, 5.41) is 5.89. The van der Waals surface area contributed by atoms with E-state index in [0.29, 0.717) is 0 Å². The molecule has 0 radical (unpaired) electrons. The van der Waals surface area contributed by atoms with Crippen LogP contribution in [0.2, 0.25) is 0 Å². The van der Waals surface area contributed by atoms with Crippen molar-refractivity contribution in [3.8, 4) is 0 Å². The van der Waals surface area contributed by atoms with Crippen LogP contribution in [0.15, 0.2) is 0 Å². The molecule has 0 heterocycles. The number of hydrogen-bond donors (Lipinski definition) is 2. The minimum Gasteiger partial charge on any atom is -0.355 e. The SMILES string of the molecule is CNCCNC(=O)C1CC1(C)C. The molecule has 1 atom stereocenters. The van der Waals surface area contributed by atoms with Gasteiger partial charge in [-0.1, -0.05) is 13.8 Å². The van der Waals surface area contributed by atoms with Crippen LogP contribution in [0.25, 0.3) is 0 Å². The monoisotopic (exact) mass is 170 g/mol. The summed E-state index contributed by atoms with van der Waals surface area (Å²) in [7, 11) is 1.88. The number of amides is 1. The summed E-state index contributed by atoms with van der Waals surface area (Å²) < 4.78 is 0. The highest BCUT2D eigenvalue weighted by molar-refractivity contribution is 5.82. The van der Waals surface area contributed by atoms with Crippen LogP contribution in [-0.2, 0) is 4.79 Å². The molecule has 1 unspecified atom stereocenters. The number of likely N-dealkylation sites (N-methyl/N-ethyl adjacent to an activating group) is 1. The van der Waals surface area contributed by atoms with Crippen molar-refractivity contribution >= 4 is 5.91 Å². The Bertz CT molecular complexity index is 177. The molecule has 0 bridgehead atoms. The van der Waals surface area contributed by atoms with Crippen LogP contribution < -0.4 is 10.6 Å². The first-order valence-electron chi connectivity index (χ1n) is 4.50. The minimum atomic E-state index is 0.218. The Morgan fingerprint density at radius 3 is 2.50 bits per heavy atom. The van der Waals surface area contributed by atoms with E-state index in [1.807, 2.05) is 7.05 Å². The molecule has 0 aromatic rings. The fourth-order valence-corrected chi connectivity index (χ4v) is 1.35. The average Bonchev–Trinajstić information content (AvgIpc) is 2.60. The van der Waals surface area contributed by atoms with Gasteiger partial charge in [-0.05, 0) is 18.9 Å². The lowest BCUT2D eigenvalue weighted by Gasteiger charge is -2.05. The van der Waals surface area contributed by atoms with E-state index in [2.05, 4.69) is 24.5 Å². The summed E-state index contributed by atoms with van der Waals surface area (Å²) >= 11 is 0. The van der Waals surface area contributed by atoms with Crippen molar-refractivity contribution in [2.75, 3.05) is 20.1 Å². The maximum absolute atomic E-state index is 11.4. The molecule has 12 heavy (non-hydrogen) atoms. The second-order valence-corrected chi connectivity index (χ2v) is 4.14. The lowest BCUT2D eigenvalue weighted by molar-refractivity contribution is -0.122. The number of rotatable bonds is 4. The van der Waals surface area contributed by atoms with Crippen LogP contribution >= 0.6 is 0 Å². The molecular weight excluding hydrogens is 152 g/mol. The van der Waals surface area contributed by atoms with E-state index < -0.39 is 0 Å². The fourth-order valence-electron chi connectivity index (χ4n) is 1.35. The lowest BCUT2D eigenvalue weighted by Crippen LogP contribution is -2.32. The highest BCUT2D eigenvalue weighted by Gasteiger charge is 2.50. The van der Waals surface area contributed by atoms with E-state index in [9.17, 15) is 4.79 Å². The highest BCUT2D eigenvalue weighted by Crippen LogP contribution is 2.51. The molecule has 1 saturated carbocycles. The van der Waals surface area contributed by atoms with Gasteiger partial charge in [-0.15, -0.1) is 0 Å². The first kappa shape index (κ1) is 9.52. The number of nitrogens with one attached hydrogen (secondary N) is 2. The number of carbonyl (C=O) groups excluding carboxylic acids is 1. The predicted molar refractivity (Wildman–Crippen MR) is 48.8 cm³/mol. The largest absolute Gasteiger partial charge is 0.355 e. The van der Waals surface area contributed by atoms with Crippen molar-refractivity contribution in [3.05, 3.63) is 0 Å². The van der Waals surface area contributed by atoms with Crippen LogP contribution in [-0.4, -0.2) is 26.0 Å². The van der Waals surface area contributed by atoms with Gasteiger partial charge in [-0.25, -0.2) is 0 Å². The molecule has 3 heteroatoms. The average molecular weight is 170 g/mol. The zero-order valence-electron chi connectivity index (χ0n) is 8.11. The number of hydrogen-bond acceptors (Lipinski definition) is 2. The molecule has 0 saturated heterocycles. The first-order valence-corrected chi connectivity index (χ1v) is 4.50. The summed E-state index contributed by atoms with van der Waals surface area (Å²) in [6.07, 6.45) is 1.04. The molecule has 1 rings (SSSR count). The van der Waals surface area contributed by atoms with Gasteiger partial charge in [0.1, 0.15) is 0 Å². The molecule has 3 nitrogen and oxygen atoms in total. The molecule has 2 N–H and O–H groups in total. The Morgan fingerprint density at radius 1 is 1.50 bits per heavy atom. The molecule has 0 spiro atoms. The van der Waals surface area contributed by atoms with Gasteiger partial charge in [-0.3, -0.25) is 4.79 Å². The van der Waals surface area contributed by atoms with Gasteiger partial charge in [0.2, 0.25) is 5.91 Å². The Hall–Kier alpha value is -0.570. The van der Waals surface area contributed by atoms with Crippen molar-refractivity contribution in [2.45, 2.75) is 20.3 Å². The first-order chi connectivity index (χ1) is 5.58. The fraction of sp³-hybridized carbons (Fsp3) is 0.889. The summed E-state index contributed by atoms with van der Waals surface area (Å²) in [5.74, 6) is 0.476. The third-order valence-corrected chi connectivity index (χ3v) is 2.50. The Balaban J connectivity index is 2.14. The lowest BCUT2D eigenvalue weighted by atomic mass is 10.1. The van der Waals surface area contributed by atoms with E-state index in [-0.39, 0.29) is 17.2 Å². The van der Waals surface area contributed by atoms with Crippen molar-refractivity contribution in [1.29, 1.82) is 0 Å². The summed E-state index contributed by atoms with van der Waals surface area (Å²) in [6.45, 7) is 5.85. The Kier molecular flexibility index (Phi) is 2.73. The van der Waals surface area contributed by atoms with Crippen LogP contribution in [0.3, 0.4) is 0 Å². The molecule has 0 aromatic heterocycles. The molecule has 1 fully saturated rings. The normalized spacial score (nSPS) is 25.1. The topological polar surface area (TPSA) is 41.1 Å². The maximum atomic E-state index is 11.4.